The third-order valence-corrected chi connectivity index (χ3v) is 4.40. The zero-order valence-electron chi connectivity index (χ0n) is 12.4. The number of benzene rings is 1. The molecule has 0 spiro atoms. The molecule has 0 aliphatic rings. The van der Waals surface area contributed by atoms with Crippen molar-refractivity contribution in [3.05, 3.63) is 51.4 Å². The first-order valence-corrected chi connectivity index (χ1v) is 7.29. The Morgan fingerprint density at radius 3 is 2.41 bits per heavy atom. The summed E-state index contributed by atoms with van der Waals surface area (Å²) in [6.07, 6.45) is 0. The summed E-state index contributed by atoms with van der Waals surface area (Å²) in [5, 5.41) is 12.0. The fourth-order valence-electron chi connectivity index (χ4n) is 1.93. The summed E-state index contributed by atoms with van der Waals surface area (Å²) in [5.41, 5.74) is 2.08. The number of amides is 1. The Morgan fingerprint density at radius 2 is 1.86 bits per heavy atom. The molecule has 0 aliphatic carbocycles. The summed E-state index contributed by atoms with van der Waals surface area (Å²) in [6, 6.07) is 8.27. The van der Waals surface area contributed by atoms with Crippen LogP contribution >= 0.6 is 11.3 Å². The average Bonchev–Trinajstić information content (AvgIpc) is 2.81. The minimum Gasteiger partial charge on any atom is -0.465 e. The van der Waals surface area contributed by atoms with Gasteiger partial charge in [0, 0.05) is 10.4 Å². The minimum atomic E-state index is -0.475. The fourth-order valence-corrected chi connectivity index (χ4v) is 2.98. The smallest absolute Gasteiger partial charge is 0.341 e. The molecular weight excluding hydrogens is 300 g/mol. The molecule has 5 nitrogen and oxygen atoms in total. The molecule has 0 bridgehead atoms. The number of thiophene rings is 1. The van der Waals surface area contributed by atoms with Gasteiger partial charge in [0.2, 0.25) is 0 Å². The number of ether oxygens (including phenoxy) is 1. The molecule has 0 saturated carbocycles. The predicted molar refractivity (Wildman–Crippen MR) is 84.2 cm³/mol. The van der Waals surface area contributed by atoms with Crippen LogP contribution in [-0.2, 0) is 4.74 Å². The summed E-state index contributed by atoms with van der Waals surface area (Å²) in [5.74, 6) is -0.812. The van der Waals surface area contributed by atoms with Crippen molar-refractivity contribution >= 4 is 28.2 Å². The van der Waals surface area contributed by atoms with Gasteiger partial charge in [-0.1, -0.05) is 0 Å². The zero-order valence-corrected chi connectivity index (χ0v) is 13.2. The molecule has 0 aliphatic heterocycles. The number of nitrogens with one attached hydrogen (secondary N) is 1. The number of hydrogen-bond acceptors (Lipinski definition) is 5. The van der Waals surface area contributed by atoms with E-state index in [2.05, 4.69) is 5.32 Å². The summed E-state index contributed by atoms with van der Waals surface area (Å²) in [7, 11) is 1.31. The van der Waals surface area contributed by atoms with E-state index in [9.17, 15) is 9.59 Å². The molecule has 6 heteroatoms. The van der Waals surface area contributed by atoms with E-state index in [1.807, 2.05) is 19.9 Å². The number of methoxy groups -OCH3 is 1. The lowest BCUT2D eigenvalue weighted by molar-refractivity contribution is 0.0601. The van der Waals surface area contributed by atoms with E-state index in [1.54, 1.807) is 24.3 Å². The van der Waals surface area contributed by atoms with Gasteiger partial charge in [0.1, 0.15) is 5.00 Å². The largest absolute Gasteiger partial charge is 0.465 e. The van der Waals surface area contributed by atoms with Gasteiger partial charge >= 0.3 is 5.97 Å². The van der Waals surface area contributed by atoms with E-state index < -0.39 is 5.97 Å². The first-order valence-electron chi connectivity index (χ1n) is 6.47. The third kappa shape index (κ3) is 3.00. The zero-order chi connectivity index (χ0) is 16.3. The maximum Gasteiger partial charge on any atom is 0.341 e. The van der Waals surface area contributed by atoms with Crippen molar-refractivity contribution < 1.29 is 14.3 Å². The summed E-state index contributed by atoms with van der Waals surface area (Å²) >= 11 is 1.33. The molecule has 1 aromatic heterocycles. The number of aryl methyl sites for hydroxylation is 1. The van der Waals surface area contributed by atoms with Crippen molar-refractivity contribution in [3.8, 4) is 6.07 Å². The maximum atomic E-state index is 12.3. The third-order valence-electron chi connectivity index (χ3n) is 3.28. The molecule has 0 atom stereocenters. The van der Waals surface area contributed by atoms with Gasteiger partial charge in [-0.25, -0.2) is 4.79 Å². The Bertz CT molecular complexity index is 770. The highest BCUT2D eigenvalue weighted by atomic mass is 32.1. The van der Waals surface area contributed by atoms with E-state index in [4.69, 9.17) is 10.00 Å². The molecule has 1 heterocycles. The Balaban J connectivity index is 2.30. The van der Waals surface area contributed by atoms with Gasteiger partial charge in [0.05, 0.1) is 24.3 Å². The van der Waals surface area contributed by atoms with Crippen molar-refractivity contribution in [1.29, 1.82) is 5.26 Å². The highest BCUT2D eigenvalue weighted by molar-refractivity contribution is 7.16. The first kappa shape index (κ1) is 15.7. The molecule has 22 heavy (non-hydrogen) atoms. The average molecular weight is 314 g/mol. The predicted octanol–water partition coefficient (Wildman–Crippen LogP) is 3.28. The van der Waals surface area contributed by atoms with Crippen molar-refractivity contribution in [1.82, 2.24) is 0 Å². The van der Waals surface area contributed by atoms with Crippen LogP contribution in [0.15, 0.2) is 24.3 Å². The molecule has 0 unspecified atom stereocenters. The topological polar surface area (TPSA) is 79.2 Å². The number of nitriles is 1. The van der Waals surface area contributed by atoms with Crippen LogP contribution in [0.25, 0.3) is 0 Å². The number of carbonyl (C=O) groups is 2. The van der Waals surface area contributed by atoms with Crippen LogP contribution in [0, 0.1) is 25.2 Å². The SMILES string of the molecule is COC(=O)c1c(NC(=O)c2ccc(C#N)cc2)sc(C)c1C. The van der Waals surface area contributed by atoms with Gasteiger partial charge in [0.15, 0.2) is 0 Å². The summed E-state index contributed by atoms with van der Waals surface area (Å²) < 4.78 is 4.77. The van der Waals surface area contributed by atoms with Crippen LogP contribution in [0.3, 0.4) is 0 Å². The van der Waals surface area contributed by atoms with Gasteiger partial charge in [-0.05, 0) is 43.7 Å². The molecule has 0 fully saturated rings. The normalized spacial score (nSPS) is 9.91. The molecule has 0 saturated heterocycles. The first-order chi connectivity index (χ1) is 10.5. The second kappa shape index (κ2) is 6.41. The molecule has 2 aromatic rings. The van der Waals surface area contributed by atoms with Crippen molar-refractivity contribution in [2.45, 2.75) is 13.8 Å². The van der Waals surface area contributed by atoms with Crippen molar-refractivity contribution in [2.75, 3.05) is 12.4 Å². The van der Waals surface area contributed by atoms with Crippen molar-refractivity contribution in [3.63, 3.8) is 0 Å². The highest BCUT2D eigenvalue weighted by Gasteiger charge is 2.21. The highest BCUT2D eigenvalue weighted by Crippen LogP contribution is 2.33. The molecule has 112 valence electrons. The number of anilines is 1. The molecule has 1 amide bonds. The number of nitrogens with zero attached hydrogens (tertiary/aromatic N) is 1. The number of carbonyl (C=O) groups excluding carboxylic acids is 2. The standard InChI is InChI=1S/C16H14N2O3S/c1-9-10(2)22-15(13(9)16(20)21-3)18-14(19)12-6-4-11(8-17)5-7-12/h4-7H,1-3H3,(H,18,19). The van der Waals surface area contributed by atoms with Gasteiger partial charge in [-0.15, -0.1) is 11.3 Å². The molecule has 0 radical (unpaired) electrons. The lowest BCUT2D eigenvalue weighted by Crippen LogP contribution is -2.14. The van der Waals surface area contributed by atoms with Crippen LogP contribution in [-0.4, -0.2) is 19.0 Å². The van der Waals surface area contributed by atoms with Crippen LogP contribution < -0.4 is 5.32 Å². The quantitative estimate of drug-likeness (QED) is 0.882. The maximum absolute atomic E-state index is 12.3. The second-order valence-corrected chi connectivity index (χ2v) is 5.85. The number of esters is 1. The minimum absolute atomic E-state index is 0.337. The second-order valence-electron chi connectivity index (χ2n) is 4.62. The van der Waals surface area contributed by atoms with Gasteiger partial charge in [0.25, 0.3) is 5.91 Å². The van der Waals surface area contributed by atoms with E-state index >= 15 is 0 Å². The molecule has 2 rings (SSSR count). The van der Waals surface area contributed by atoms with Crippen LogP contribution in [0.2, 0.25) is 0 Å². The number of hydrogen-bond donors (Lipinski definition) is 1. The van der Waals surface area contributed by atoms with E-state index in [0.29, 0.717) is 21.7 Å². The van der Waals surface area contributed by atoms with Crippen LogP contribution in [0.4, 0.5) is 5.00 Å². The summed E-state index contributed by atoms with van der Waals surface area (Å²) in [4.78, 5) is 25.1. The summed E-state index contributed by atoms with van der Waals surface area (Å²) in [6.45, 7) is 3.69. The number of rotatable bonds is 3. The van der Waals surface area contributed by atoms with Gasteiger partial charge in [-0.2, -0.15) is 5.26 Å². The Kier molecular flexibility index (Phi) is 4.59. The molecular formula is C16H14N2O3S. The molecule has 1 N–H and O–H groups in total. The Morgan fingerprint density at radius 1 is 1.23 bits per heavy atom. The van der Waals surface area contributed by atoms with Crippen LogP contribution in [0.5, 0.6) is 0 Å². The Hall–Kier alpha value is -2.65. The van der Waals surface area contributed by atoms with E-state index in [1.165, 1.54) is 18.4 Å². The van der Waals surface area contributed by atoms with Crippen molar-refractivity contribution in [2.24, 2.45) is 0 Å². The molecule has 1 aromatic carbocycles. The monoisotopic (exact) mass is 314 g/mol. The lowest BCUT2D eigenvalue weighted by Gasteiger charge is -2.06. The van der Waals surface area contributed by atoms with E-state index in [-0.39, 0.29) is 5.91 Å². The Labute approximate surface area is 132 Å². The van der Waals surface area contributed by atoms with Gasteiger partial charge < -0.3 is 10.1 Å². The lowest BCUT2D eigenvalue weighted by atomic mass is 10.1. The fraction of sp³-hybridized carbons (Fsp3) is 0.188. The van der Waals surface area contributed by atoms with Gasteiger partial charge in [-0.3, -0.25) is 4.79 Å². The van der Waals surface area contributed by atoms with E-state index in [0.717, 1.165) is 10.4 Å². The van der Waals surface area contributed by atoms with Crippen LogP contribution in [0.1, 0.15) is 36.7 Å².